The van der Waals surface area contributed by atoms with Crippen molar-refractivity contribution in [3.05, 3.63) is 46.6 Å². The molecule has 2 heterocycles. The van der Waals surface area contributed by atoms with Crippen LogP contribution in [0.3, 0.4) is 0 Å². The number of sulfone groups is 1. The lowest BCUT2D eigenvalue weighted by Gasteiger charge is -2.32. The molecule has 0 bridgehead atoms. The van der Waals surface area contributed by atoms with Gasteiger partial charge < -0.3 is 10.8 Å². The van der Waals surface area contributed by atoms with Gasteiger partial charge in [0.1, 0.15) is 11.5 Å². The van der Waals surface area contributed by atoms with Gasteiger partial charge in [0.2, 0.25) is 0 Å². The number of pyridine rings is 1. The summed E-state index contributed by atoms with van der Waals surface area (Å²) < 4.78 is 25.8. The number of fused-ring (bicyclic) bond motifs is 1. The molecule has 154 valence electrons. The lowest BCUT2D eigenvalue weighted by molar-refractivity contribution is 0.0108. The number of hydrogen-bond donors (Lipinski definition) is 2. The molecule has 29 heavy (non-hydrogen) atoms. The maximum atomic E-state index is 12.9. The number of halogens is 1. The molecule has 6 nitrogen and oxygen atoms in total. The first kappa shape index (κ1) is 20.3. The number of aliphatic imine (C=N–C) groups is 1. The lowest BCUT2D eigenvalue weighted by Crippen LogP contribution is -2.32. The third kappa shape index (κ3) is 4.17. The Morgan fingerprint density at radius 1 is 1.24 bits per heavy atom. The smallest absolute Gasteiger partial charge is 0.178 e. The first-order valence-electron chi connectivity index (χ1n) is 9.70. The second-order valence-corrected chi connectivity index (χ2v) is 10.7. The Kier molecular flexibility index (Phi) is 5.17. The minimum atomic E-state index is -3.46. The summed E-state index contributed by atoms with van der Waals surface area (Å²) in [7, 11) is -3.46. The summed E-state index contributed by atoms with van der Waals surface area (Å²) in [6, 6.07) is 8.54. The molecular weight excluding hydrogens is 410 g/mol. The van der Waals surface area contributed by atoms with E-state index in [1.54, 1.807) is 12.1 Å². The van der Waals surface area contributed by atoms with E-state index in [1.165, 1.54) is 6.07 Å². The van der Waals surface area contributed by atoms with Crippen LogP contribution in [-0.4, -0.2) is 35.7 Å². The van der Waals surface area contributed by atoms with Crippen molar-refractivity contribution in [1.82, 2.24) is 4.98 Å². The number of rotatable bonds is 4. The molecule has 0 saturated heterocycles. The predicted molar refractivity (Wildman–Crippen MR) is 114 cm³/mol. The van der Waals surface area contributed by atoms with E-state index in [1.807, 2.05) is 19.1 Å². The van der Waals surface area contributed by atoms with E-state index in [4.69, 9.17) is 17.3 Å². The standard InChI is InChI=1S/C21H24ClN3O3S/c1-21(26)8-6-13(7-9-21)12-29(27,28)15-3-4-16(17(22)10-15)18-5-2-14-11-24-20(23)19(14)25-18/h2-5,10,13,26H,6-9,11-12H2,1H3,(H2,23,24). The van der Waals surface area contributed by atoms with E-state index in [0.29, 0.717) is 60.0 Å². The molecule has 1 saturated carbocycles. The van der Waals surface area contributed by atoms with Gasteiger partial charge in [-0.15, -0.1) is 0 Å². The fourth-order valence-electron chi connectivity index (χ4n) is 4.00. The summed E-state index contributed by atoms with van der Waals surface area (Å²) in [5.74, 6) is 0.533. The van der Waals surface area contributed by atoms with Gasteiger partial charge in [-0.25, -0.2) is 13.4 Å². The maximum absolute atomic E-state index is 12.9. The largest absolute Gasteiger partial charge is 0.390 e. The fourth-order valence-corrected chi connectivity index (χ4v) is 6.06. The Hall–Kier alpha value is -1.96. The molecule has 8 heteroatoms. The van der Waals surface area contributed by atoms with E-state index in [9.17, 15) is 13.5 Å². The van der Waals surface area contributed by atoms with Gasteiger partial charge in [0.05, 0.1) is 33.5 Å². The first-order chi connectivity index (χ1) is 13.6. The third-order valence-corrected chi connectivity index (χ3v) is 8.05. The van der Waals surface area contributed by atoms with Gasteiger partial charge in [-0.3, -0.25) is 4.99 Å². The van der Waals surface area contributed by atoms with Crippen LogP contribution in [0, 0.1) is 5.92 Å². The van der Waals surface area contributed by atoms with Crippen LogP contribution in [0.2, 0.25) is 5.02 Å². The zero-order valence-electron chi connectivity index (χ0n) is 16.2. The number of amidine groups is 1. The summed E-state index contributed by atoms with van der Waals surface area (Å²) in [6.45, 7) is 2.33. The number of benzene rings is 1. The average Bonchev–Trinajstić information content (AvgIpc) is 3.04. The molecule has 0 amide bonds. The molecule has 1 fully saturated rings. The van der Waals surface area contributed by atoms with E-state index in [2.05, 4.69) is 9.98 Å². The van der Waals surface area contributed by atoms with Crippen molar-refractivity contribution in [2.75, 3.05) is 5.75 Å². The highest BCUT2D eigenvalue weighted by molar-refractivity contribution is 7.91. The average molecular weight is 434 g/mol. The van der Waals surface area contributed by atoms with Crippen LogP contribution in [-0.2, 0) is 16.4 Å². The SMILES string of the molecule is CC1(O)CCC(CS(=O)(=O)c2ccc(-c3ccc4c(n3)C(N)=NC4)c(Cl)c2)CC1. The number of hydrogen-bond acceptors (Lipinski definition) is 6. The minimum Gasteiger partial charge on any atom is -0.390 e. The van der Waals surface area contributed by atoms with E-state index < -0.39 is 15.4 Å². The van der Waals surface area contributed by atoms with Gasteiger partial charge in [0, 0.05) is 11.1 Å². The number of aromatic nitrogens is 1. The number of nitrogens with two attached hydrogens (primary N) is 1. The molecule has 2 aliphatic rings. The summed E-state index contributed by atoms with van der Waals surface area (Å²) in [5.41, 5.74) is 8.11. The molecule has 0 radical (unpaired) electrons. The molecule has 1 aromatic heterocycles. The maximum Gasteiger partial charge on any atom is 0.178 e. The van der Waals surface area contributed by atoms with Crippen LogP contribution < -0.4 is 5.73 Å². The van der Waals surface area contributed by atoms with Crippen LogP contribution in [0.15, 0.2) is 40.2 Å². The first-order valence-corrected chi connectivity index (χ1v) is 11.7. The van der Waals surface area contributed by atoms with Crippen LogP contribution in [0.25, 0.3) is 11.3 Å². The minimum absolute atomic E-state index is 0.0549. The molecule has 0 unspecified atom stereocenters. The Morgan fingerprint density at radius 2 is 1.97 bits per heavy atom. The molecule has 2 aromatic rings. The van der Waals surface area contributed by atoms with Gasteiger partial charge in [-0.2, -0.15) is 0 Å². The Morgan fingerprint density at radius 3 is 2.66 bits per heavy atom. The molecule has 1 aromatic carbocycles. The Labute approximate surface area is 175 Å². The van der Waals surface area contributed by atoms with Gasteiger partial charge in [0.15, 0.2) is 9.84 Å². The second kappa shape index (κ2) is 7.38. The third-order valence-electron chi connectivity index (χ3n) is 5.85. The summed E-state index contributed by atoms with van der Waals surface area (Å²) in [4.78, 5) is 8.94. The quantitative estimate of drug-likeness (QED) is 0.769. The van der Waals surface area contributed by atoms with Crippen molar-refractivity contribution in [2.24, 2.45) is 16.6 Å². The van der Waals surface area contributed by atoms with Crippen LogP contribution >= 0.6 is 11.6 Å². The molecule has 1 aliphatic carbocycles. The van der Waals surface area contributed by atoms with Crippen molar-refractivity contribution >= 4 is 27.3 Å². The van der Waals surface area contributed by atoms with E-state index >= 15 is 0 Å². The predicted octanol–water partition coefficient (Wildman–Crippen LogP) is 3.34. The lowest BCUT2D eigenvalue weighted by atomic mass is 9.81. The topological polar surface area (TPSA) is 106 Å². The highest BCUT2D eigenvalue weighted by Crippen LogP contribution is 2.35. The Balaban J connectivity index is 1.56. The monoisotopic (exact) mass is 433 g/mol. The zero-order valence-corrected chi connectivity index (χ0v) is 17.8. The van der Waals surface area contributed by atoms with Crippen LogP contribution in [0.5, 0.6) is 0 Å². The molecular formula is C21H24ClN3O3S. The number of nitrogens with zero attached hydrogens (tertiary/aromatic N) is 2. The van der Waals surface area contributed by atoms with Crippen LogP contribution in [0.4, 0.5) is 0 Å². The van der Waals surface area contributed by atoms with Gasteiger partial charge in [-0.05, 0) is 56.7 Å². The van der Waals surface area contributed by atoms with Gasteiger partial charge >= 0.3 is 0 Å². The molecule has 0 spiro atoms. The van der Waals surface area contributed by atoms with E-state index in [0.717, 1.165) is 5.56 Å². The molecule has 4 rings (SSSR count). The van der Waals surface area contributed by atoms with Gasteiger partial charge in [0.25, 0.3) is 0 Å². The fraction of sp³-hybridized carbons (Fsp3) is 0.429. The Bertz CT molecular complexity index is 1090. The van der Waals surface area contributed by atoms with Crippen molar-refractivity contribution in [1.29, 1.82) is 0 Å². The van der Waals surface area contributed by atoms with Crippen molar-refractivity contribution in [3.8, 4) is 11.3 Å². The van der Waals surface area contributed by atoms with Crippen molar-refractivity contribution < 1.29 is 13.5 Å². The van der Waals surface area contributed by atoms with E-state index in [-0.39, 0.29) is 16.6 Å². The summed E-state index contributed by atoms with van der Waals surface area (Å²) in [5, 5.41) is 10.4. The summed E-state index contributed by atoms with van der Waals surface area (Å²) in [6.07, 6.45) is 2.67. The highest BCUT2D eigenvalue weighted by Gasteiger charge is 2.31. The molecule has 1 aliphatic heterocycles. The van der Waals surface area contributed by atoms with Crippen molar-refractivity contribution in [2.45, 2.75) is 49.6 Å². The molecule has 0 atom stereocenters. The number of aliphatic hydroxyl groups is 1. The van der Waals surface area contributed by atoms with Gasteiger partial charge in [-0.1, -0.05) is 23.7 Å². The highest BCUT2D eigenvalue weighted by atomic mass is 35.5. The van der Waals surface area contributed by atoms with Crippen molar-refractivity contribution in [3.63, 3.8) is 0 Å². The second-order valence-electron chi connectivity index (χ2n) is 8.27. The molecule has 3 N–H and O–H groups in total. The summed E-state index contributed by atoms with van der Waals surface area (Å²) >= 11 is 6.44. The normalized spacial score (nSPS) is 24.2. The van der Waals surface area contributed by atoms with Crippen LogP contribution in [0.1, 0.15) is 43.9 Å². The zero-order chi connectivity index (χ0) is 20.8.